The first-order valence-electron chi connectivity index (χ1n) is 8.56. The van der Waals surface area contributed by atoms with Crippen LogP contribution in [-0.4, -0.2) is 38.7 Å². The standard InChI is InChI=1S/C20H24N2O4/c1-3-26-18-8-5-4-7-17(18)20(24)22-16-11-9-15(10-12-16)19(23)21-13-6-14-25-2/h4-5,7-12H,3,6,13-14H2,1-2H3,(H,21,23)(H,22,24). The van der Waals surface area contributed by atoms with Crippen LogP contribution >= 0.6 is 0 Å². The molecule has 26 heavy (non-hydrogen) atoms. The number of methoxy groups -OCH3 is 1. The predicted octanol–water partition coefficient (Wildman–Crippen LogP) is 3.10. The third-order valence-corrected chi connectivity index (χ3v) is 3.65. The molecule has 0 fully saturated rings. The fraction of sp³-hybridized carbons (Fsp3) is 0.300. The number of nitrogens with one attached hydrogen (secondary N) is 2. The highest BCUT2D eigenvalue weighted by atomic mass is 16.5. The molecule has 0 spiro atoms. The van der Waals surface area contributed by atoms with E-state index in [0.29, 0.717) is 42.3 Å². The SMILES string of the molecule is CCOc1ccccc1C(=O)Nc1ccc(C(=O)NCCCOC)cc1. The van der Waals surface area contributed by atoms with Crippen LogP contribution in [-0.2, 0) is 4.74 Å². The first-order valence-corrected chi connectivity index (χ1v) is 8.56. The summed E-state index contributed by atoms with van der Waals surface area (Å²) in [4.78, 5) is 24.5. The smallest absolute Gasteiger partial charge is 0.259 e. The maximum atomic E-state index is 12.4. The fourth-order valence-electron chi connectivity index (χ4n) is 2.36. The van der Waals surface area contributed by atoms with E-state index < -0.39 is 0 Å². The Kier molecular flexibility index (Phi) is 7.64. The van der Waals surface area contributed by atoms with Crippen molar-refractivity contribution in [3.8, 4) is 5.75 Å². The van der Waals surface area contributed by atoms with Crippen molar-refractivity contribution in [2.45, 2.75) is 13.3 Å². The minimum atomic E-state index is -0.259. The molecule has 138 valence electrons. The van der Waals surface area contributed by atoms with E-state index in [1.807, 2.05) is 13.0 Å². The highest BCUT2D eigenvalue weighted by Gasteiger charge is 2.12. The minimum absolute atomic E-state index is 0.152. The molecular weight excluding hydrogens is 332 g/mol. The van der Waals surface area contributed by atoms with E-state index in [9.17, 15) is 9.59 Å². The summed E-state index contributed by atoms with van der Waals surface area (Å²) in [6, 6.07) is 13.8. The van der Waals surface area contributed by atoms with Crippen molar-refractivity contribution < 1.29 is 19.1 Å². The van der Waals surface area contributed by atoms with E-state index in [2.05, 4.69) is 10.6 Å². The average molecular weight is 356 g/mol. The van der Waals surface area contributed by atoms with Crippen LogP contribution in [0, 0.1) is 0 Å². The van der Waals surface area contributed by atoms with Gasteiger partial charge in [0.15, 0.2) is 0 Å². The van der Waals surface area contributed by atoms with Crippen LogP contribution in [0.1, 0.15) is 34.1 Å². The molecule has 2 aromatic rings. The number of hydrogen-bond acceptors (Lipinski definition) is 4. The lowest BCUT2D eigenvalue weighted by Crippen LogP contribution is -2.25. The fourth-order valence-corrected chi connectivity index (χ4v) is 2.36. The van der Waals surface area contributed by atoms with Crippen LogP contribution in [0.15, 0.2) is 48.5 Å². The van der Waals surface area contributed by atoms with Crippen molar-refractivity contribution in [2.75, 3.05) is 32.2 Å². The lowest BCUT2D eigenvalue weighted by atomic mass is 10.1. The second-order valence-electron chi connectivity index (χ2n) is 5.56. The summed E-state index contributed by atoms with van der Waals surface area (Å²) in [6.07, 6.45) is 0.760. The highest BCUT2D eigenvalue weighted by molar-refractivity contribution is 6.06. The van der Waals surface area contributed by atoms with Gasteiger partial charge in [0, 0.05) is 31.5 Å². The van der Waals surface area contributed by atoms with Crippen LogP contribution in [0.4, 0.5) is 5.69 Å². The Labute approximate surface area is 153 Å². The summed E-state index contributed by atoms with van der Waals surface area (Å²) < 4.78 is 10.4. The van der Waals surface area contributed by atoms with E-state index in [1.54, 1.807) is 49.6 Å². The van der Waals surface area contributed by atoms with Gasteiger partial charge in [0.1, 0.15) is 5.75 Å². The molecule has 0 aliphatic rings. The normalized spacial score (nSPS) is 10.2. The Morgan fingerprint density at radius 3 is 2.42 bits per heavy atom. The average Bonchev–Trinajstić information content (AvgIpc) is 2.66. The Balaban J connectivity index is 1.96. The van der Waals surface area contributed by atoms with Gasteiger partial charge < -0.3 is 20.1 Å². The van der Waals surface area contributed by atoms with Gasteiger partial charge >= 0.3 is 0 Å². The van der Waals surface area contributed by atoms with Gasteiger partial charge in [-0.05, 0) is 49.7 Å². The molecule has 0 aliphatic heterocycles. The third-order valence-electron chi connectivity index (χ3n) is 3.65. The summed E-state index contributed by atoms with van der Waals surface area (Å²) >= 11 is 0. The molecule has 6 nitrogen and oxygen atoms in total. The Hall–Kier alpha value is -2.86. The lowest BCUT2D eigenvalue weighted by molar-refractivity contribution is 0.0948. The third kappa shape index (κ3) is 5.60. The molecule has 0 bridgehead atoms. The molecule has 6 heteroatoms. The van der Waals surface area contributed by atoms with Crippen molar-refractivity contribution in [3.05, 3.63) is 59.7 Å². The lowest BCUT2D eigenvalue weighted by Gasteiger charge is -2.11. The number of ether oxygens (including phenoxy) is 2. The molecule has 0 heterocycles. The molecule has 2 rings (SSSR count). The summed E-state index contributed by atoms with van der Waals surface area (Å²) in [5.41, 5.74) is 1.61. The second kappa shape index (κ2) is 10.2. The molecule has 2 amide bonds. The van der Waals surface area contributed by atoms with Gasteiger partial charge in [-0.3, -0.25) is 9.59 Å². The molecular formula is C20H24N2O4. The van der Waals surface area contributed by atoms with Crippen molar-refractivity contribution in [2.24, 2.45) is 0 Å². The van der Waals surface area contributed by atoms with Gasteiger partial charge in [-0.1, -0.05) is 12.1 Å². The van der Waals surface area contributed by atoms with Gasteiger partial charge in [0.05, 0.1) is 12.2 Å². The van der Waals surface area contributed by atoms with E-state index in [0.717, 1.165) is 6.42 Å². The monoisotopic (exact) mass is 356 g/mol. The van der Waals surface area contributed by atoms with Gasteiger partial charge in [-0.15, -0.1) is 0 Å². The zero-order valence-corrected chi connectivity index (χ0v) is 15.1. The molecule has 0 aromatic heterocycles. The Morgan fingerprint density at radius 1 is 1.00 bits per heavy atom. The zero-order valence-electron chi connectivity index (χ0n) is 15.1. The van der Waals surface area contributed by atoms with E-state index in [4.69, 9.17) is 9.47 Å². The number of para-hydroxylation sites is 1. The van der Waals surface area contributed by atoms with Crippen LogP contribution < -0.4 is 15.4 Å². The minimum Gasteiger partial charge on any atom is -0.493 e. The van der Waals surface area contributed by atoms with Crippen LogP contribution in [0.25, 0.3) is 0 Å². The molecule has 0 atom stereocenters. The van der Waals surface area contributed by atoms with Crippen molar-refractivity contribution in [3.63, 3.8) is 0 Å². The zero-order chi connectivity index (χ0) is 18.8. The van der Waals surface area contributed by atoms with Gasteiger partial charge in [0.2, 0.25) is 0 Å². The molecule has 0 aliphatic carbocycles. The van der Waals surface area contributed by atoms with E-state index in [1.165, 1.54) is 0 Å². The van der Waals surface area contributed by atoms with Crippen LogP contribution in [0.5, 0.6) is 5.75 Å². The van der Waals surface area contributed by atoms with Crippen molar-refractivity contribution in [1.82, 2.24) is 5.32 Å². The molecule has 0 unspecified atom stereocenters. The second-order valence-corrected chi connectivity index (χ2v) is 5.56. The number of carbonyl (C=O) groups is 2. The molecule has 2 N–H and O–H groups in total. The number of hydrogen-bond donors (Lipinski definition) is 2. The number of rotatable bonds is 9. The highest BCUT2D eigenvalue weighted by Crippen LogP contribution is 2.20. The first-order chi connectivity index (χ1) is 12.7. The number of carbonyl (C=O) groups excluding carboxylic acids is 2. The van der Waals surface area contributed by atoms with Crippen molar-refractivity contribution in [1.29, 1.82) is 0 Å². The van der Waals surface area contributed by atoms with Gasteiger partial charge in [-0.2, -0.15) is 0 Å². The summed E-state index contributed by atoms with van der Waals surface area (Å²) in [6.45, 7) is 3.51. The van der Waals surface area contributed by atoms with Crippen LogP contribution in [0.3, 0.4) is 0 Å². The summed E-state index contributed by atoms with van der Waals surface area (Å²) in [5, 5.41) is 5.63. The molecule has 0 saturated carbocycles. The van der Waals surface area contributed by atoms with Gasteiger partial charge in [-0.25, -0.2) is 0 Å². The predicted molar refractivity (Wildman–Crippen MR) is 101 cm³/mol. The van der Waals surface area contributed by atoms with E-state index >= 15 is 0 Å². The first kappa shape index (κ1) is 19.5. The molecule has 0 saturated heterocycles. The van der Waals surface area contributed by atoms with Gasteiger partial charge in [0.25, 0.3) is 11.8 Å². The maximum Gasteiger partial charge on any atom is 0.259 e. The quantitative estimate of drug-likeness (QED) is 0.677. The van der Waals surface area contributed by atoms with E-state index in [-0.39, 0.29) is 11.8 Å². The number of amides is 2. The molecule has 0 radical (unpaired) electrons. The van der Waals surface area contributed by atoms with Crippen molar-refractivity contribution >= 4 is 17.5 Å². The Morgan fingerprint density at radius 2 is 1.73 bits per heavy atom. The number of anilines is 1. The largest absolute Gasteiger partial charge is 0.493 e. The molecule has 2 aromatic carbocycles. The maximum absolute atomic E-state index is 12.4. The summed E-state index contributed by atoms with van der Waals surface area (Å²) in [5.74, 6) is 0.131. The topological polar surface area (TPSA) is 76.7 Å². The number of benzene rings is 2. The Bertz CT molecular complexity index is 729. The summed E-state index contributed by atoms with van der Waals surface area (Å²) in [7, 11) is 1.63. The van der Waals surface area contributed by atoms with Crippen LogP contribution in [0.2, 0.25) is 0 Å².